The summed E-state index contributed by atoms with van der Waals surface area (Å²) >= 11 is 0. The van der Waals surface area contributed by atoms with Crippen LogP contribution in [0.4, 0.5) is 0 Å². The third-order valence-electron chi connectivity index (χ3n) is 3.41. The lowest BCUT2D eigenvalue weighted by Crippen LogP contribution is -2.12. The number of ether oxygens (including phenoxy) is 2. The summed E-state index contributed by atoms with van der Waals surface area (Å²) < 4.78 is 11.6. The molecule has 1 atom stereocenters. The molecule has 0 spiro atoms. The van der Waals surface area contributed by atoms with E-state index in [1.807, 2.05) is 48.5 Å². The number of hydrogen-bond donors (Lipinski definition) is 1. The fourth-order valence-electron chi connectivity index (χ4n) is 2.23. The SMILES string of the molecule is CCCOc1ccc(C(N)c2ccccc2)cc1OCCC. The Morgan fingerprint density at radius 2 is 1.45 bits per heavy atom. The van der Waals surface area contributed by atoms with E-state index < -0.39 is 0 Å². The highest BCUT2D eigenvalue weighted by atomic mass is 16.5. The molecule has 1 unspecified atom stereocenters. The van der Waals surface area contributed by atoms with Gasteiger partial charge in [0.15, 0.2) is 11.5 Å². The molecule has 3 nitrogen and oxygen atoms in total. The van der Waals surface area contributed by atoms with Gasteiger partial charge in [0.2, 0.25) is 0 Å². The number of rotatable bonds is 8. The molecular formula is C19H25NO2. The van der Waals surface area contributed by atoms with Crippen molar-refractivity contribution >= 4 is 0 Å². The highest BCUT2D eigenvalue weighted by Gasteiger charge is 2.13. The maximum absolute atomic E-state index is 6.37. The average Bonchev–Trinajstić information content (AvgIpc) is 2.58. The lowest BCUT2D eigenvalue weighted by atomic mass is 9.99. The predicted molar refractivity (Wildman–Crippen MR) is 90.5 cm³/mol. The van der Waals surface area contributed by atoms with Gasteiger partial charge in [-0.25, -0.2) is 0 Å². The first-order valence-corrected chi connectivity index (χ1v) is 7.96. The van der Waals surface area contributed by atoms with Crippen LogP contribution in [0, 0.1) is 0 Å². The standard InChI is InChI=1S/C19H25NO2/c1-3-12-21-17-11-10-16(14-18(17)22-13-4-2)19(20)15-8-6-5-7-9-15/h5-11,14,19H,3-4,12-13,20H2,1-2H3. The van der Waals surface area contributed by atoms with Gasteiger partial charge < -0.3 is 15.2 Å². The topological polar surface area (TPSA) is 44.5 Å². The molecule has 22 heavy (non-hydrogen) atoms. The van der Waals surface area contributed by atoms with Gasteiger partial charge in [-0.3, -0.25) is 0 Å². The first-order chi connectivity index (χ1) is 10.8. The third-order valence-corrected chi connectivity index (χ3v) is 3.41. The van der Waals surface area contributed by atoms with Crippen LogP contribution in [-0.2, 0) is 0 Å². The van der Waals surface area contributed by atoms with Crippen molar-refractivity contribution in [1.29, 1.82) is 0 Å². The molecule has 0 aliphatic heterocycles. The molecule has 2 aromatic carbocycles. The Kier molecular flexibility index (Phi) is 6.28. The molecule has 0 bridgehead atoms. The van der Waals surface area contributed by atoms with Crippen LogP contribution >= 0.6 is 0 Å². The molecule has 0 amide bonds. The maximum Gasteiger partial charge on any atom is 0.161 e. The van der Waals surface area contributed by atoms with Crippen molar-refractivity contribution in [3.8, 4) is 11.5 Å². The fraction of sp³-hybridized carbons (Fsp3) is 0.368. The second-order valence-corrected chi connectivity index (χ2v) is 5.29. The second-order valence-electron chi connectivity index (χ2n) is 5.29. The Bertz CT molecular complexity index is 569. The Balaban J connectivity index is 2.25. The van der Waals surface area contributed by atoms with Crippen molar-refractivity contribution in [3.63, 3.8) is 0 Å². The molecule has 0 aliphatic rings. The molecule has 2 N–H and O–H groups in total. The summed E-state index contributed by atoms with van der Waals surface area (Å²) in [6.45, 7) is 5.54. The van der Waals surface area contributed by atoms with Crippen LogP contribution in [0.15, 0.2) is 48.5 Å². The normalized spacial score (nSPS) is 12.0. The Morgan fingerprint density at radius 1 is 0.818 bits per heavy atom. The summed E-state index contributed by atoms with van der Waals surface area (Å²) in [7, 11) is 0. The van der Waals surface area contributed by atoms with Crippen molar-refractivity contribution in [2.75, 3.05) is 13.2 Å². The Morgan fingerprint density at radius 3 is 2.09 bits per heavy atom. The largest absolute Gasteiger partial charge is 0.490 e. The number of hydrogen-bond acceptors (Lipinski definition) is 3. The van der Waals surface area contributed by atoms with Crippen molar-refractivity contribution in [1.82, 2.24) is 0 Å². The van der Waals surface area contributed by atoms with Gasteiger partial charge >= 0.3 is 0 Å². The quantitative estimate of drug-likeness (QED) is 0.790. The maximum atomic E-state index is 6.37. The van der Waals surface area contributed by atoms with Crippen LogP contribution in [0.25, 0.3) is 0 Å². The molecule has 3 heteroatoms. The molecule has 2 aromatic rings. The van der Waals surface area contributed by atoms with Crippen molar-refractivity contribution < 1.29 is 9.47 Å². The zero-order chi connectivity index (χ0) is 15.8. The van der Waals surface area contributed by atoms with E-state index >= 15 is 0 Å². The van der Waals surface area contributed by atoms with Gasteiger partial charge in [-0.1, -0.05) is 50.2 Å². The van der Waals surface area contributed by atoms with Crippen LogP contribution in [0.1, 0.15) is 43.9 Å². The molecule has 0 saturated carbocycles. The van der Waals surface area contributed by atoms with E-state index in [1.54, 1.807) is 0 Å². The van der Waals surface area contributed by atoms with Crippen LogP contribution < -0.4 is 15.2 Å². The summed E-state index contributed by atoms with van der Waals surface area (Å²) in [5.74, 6) is 1.57. The van der Waals surface area contributed by atoms with Crippen molar-refractivity contribution in [2.45, 2.75) is 32.7 Å². The Labute approximate surface area is 133 Å². The fourth-order valence-corrected chi connectivity index (χ4v) is 2.23. The minimum atomic E-state index is -0.162. The van der Waals surface area contributed by atoms with Crippen LogP contribution in [0.3, 0.4) is 0 Å². The zero-order valence-corrected chi connectivity index (χ0v) is 13.4. The average molecular weight is 299 g/mol. The lowest BCUT2D eigenvalue weighted by Gasteiger charge is -2.17. The van der Waals surface area contributed by atoms with Crippen molar-refractivity contribution in [3.05, 3.63) is 59.7 Å². The molecule has 0 heterocycles. The smallest absolute Gasteiger partial charge is 0.161 e. The highest BCUT2D eigenvalue weighted by Crippen LogP contribution is 2.32. The van der Waals surface area contributed by atoms with Gasteiger partial charge in [-0.2, -0.15) is 0 Å². The zero-order valence-electron chi connectivity index (χ0n) is 13.4. The van der Waals surface area contributed by atoms with Crippen LogP contribution in [-0.4, -0.2) is 13.2 Å². The van der Waals surface area contributed by atoms with E-state index in [0.29, 0.717) is 13.2 Å². The van der Waals surface area contributed by atoms with E-state index in [2.05, 4.69) is 13.8 Å². The van der Waals surface area contributed by atoms with E-state index in [1.165, 1.54) is 0 Å². The molecule has 0 aliphatic carbocycles. The lowest BCUT2D eigenvalue weighted by molar-refractivity contribution is 0.268. The van der Waals surface area contributed by atoms with E-state index in [0.717, 1.165) is 35.5 Å². The van der Waals surface area contributed by atoms with Gasteiger partial charge in [-0.05, 0) is 36.1 Å². The second kappa shape index (κ2) is 8.44. The van der Waals surface area contributed by atoms with E-state index in [4.69, 9.17) is 15.2 Å². The molecule has 0 fully saturated rings. The van der Waals surface area contributed by atoms with E-state index in [9.17, 15) is 0 Å². The monoisotopic (exact) mass is 299 g/mol. The van der Waals surface area contributed by atoms with Gasteiger partial charge in [0.05, 0.1) is 19.3 Å². The molecule has 118 valence electrons. The van der Waals surface area contributed by atoms with Crippen molar-refractivity contribution in [2.24, 2.45) is 5.73 Å². The first-order valence-electron chi connectivity index (χ1n) is 7.96. The van der Waals surface area contributed by atoms with E-state index in [-0.39, 0.29) is 6.04 Å². The minimum absolute atomic E-state index is 0.162. The number of benzene rings is 2. The van der Waals surface area contributed by atoms with Gasteiger partial charge in [0.1, 0.15) is 0 Å². The van der Waals surface area contributed by atoms with Gasteiger partial charge in [-0.15, -0.1) is 0 Å². The number of nitrogens with two attached hydrogens (primary N) is 1. The minimum Gasteiger partial charge on any atom is -0.490 e. The summed E-state index contributed by atoms with van der Waals surface area (Å²) in [4.78, 5) is 0. The third kappa shape index (κ3) is 4.25. The summed E-state index contributed by atoms with van der Waals surface area (Å²) in [6, 6.07) is 15.9. The summed E-state index contributed by atoms with van der Waals surface area (Å²) in [6.07, 6.45) is 1.93. The first kappa shape index (κ1) is 16.4. The van der Waals surface area contributed by atoms with Gasteiger partial charge in [0.25, 0.3) is 0 Å². The summed E-state index contributed by atoms with van der Waals surface area (Å²) in [5.41, 5.74) is 8.49. The molecule has 0 radical (unpaired) electrons. The molecule has 0 aromatic heterocycles. The molecule has 2 rings (SSSR count). The summed E-state index contributed by atoms with van der Waals surface area (Å²) in [5, 5.41) is 0. The Hall–Kier alpha value is -2.00. The highest BCUT2D eigenvalue weighted by molar-refractivity contribution is 5.45. The molecule has 0 saturated heterocycles. The van der Waals surface area contributed by atoms with Crippen LogP contribution in [0.5, 0.6) is 11.5 Å². The van der Waals surface area contributed by atoms with Gasteiger partial charge in [0, 0.05) is 0 Å². The van der Waals surface area contributed by atoms with Crippen LogP contribution in [0.2, 0.25) is 0 Å². The predicted octanol–water partition coefficient (Wildman–Crippen LogP) is 4.31. The molecular weight excluding hydrogens is 274 g/mol.